The van der Waals surface area contributed by atoms with Crippen LogP contribution in [0.2, 0.25) is 0 Å². The average molecular weight is 294 g/mol. The molecule has 0 spiro atoms. The molecule has 3 N–H and O–H groups in total. The summed E-state index contributed by atoms with van der Waals surface area (Å²) in [4.78, 5) is 22.2. The minimum absolute atomic E-state index is 0.0987. The van der Waals surface area contributed by atoms with E-state index in [0.717, 1.165) is 0 Å². The third-order valence-corrected chi connectivity index (χ3v) is 3.04. The van der Waals surface area contributed by atoms with Crippen LogP contribution in [-0.4, -0.2) is 29.9 Å². The highest BCUT2D eigenvalue weighted by molar-refractivity contribution is 5.89. The van der Waals surface area contributed by atoms with Gasteiger partial charge in [0.1, 0.15) is 0 Å². The standard InChI is InChI=1S/C14H18N2O5/c1-9(3-2-4-13(17)18)15-14(19)16-10-5-6-11-12(7-10)21-8-20-11/h5-7,9H,2-4,8H2,1H3,(H,17,18)(H2,15,16,19). The van der Waals surface area contributed by atoms with Gasteiger partial charge in [-0.2, -0.15) is 0 Å². The highest BCUT2D eigenvalue weighted by Crippen LogP contribution is 2.34. The molecule has 1 aromatic rings. The maximum absolute atomic E-state index is 11.8. The van der Waals surface area contributed by atoms with Crippen molar-refractivity contribution in [2.75, 3.05) is 12.1 Å². The van der Waals surface area contributed by atoms with Gasteiger partial charge in [-0.1, -0.05) is 0 Å². The third kappa shape index (κ3) is 4.55. The Morgan fingerprint density at radius 1 is 1.33 bits per heavy atom. The van der Waals surface area contributed by atoms with Gasteiger partial charge in [-0.3, -0.25) is 4.79 Å². The van der Waals surface area contributed by atoms with Gasteiger partial charge in [-0.15, -0.1) is 0 Å². The first-order chi connectivity index (χ1) is 10.0. The Morgan fingerprint density at radius 2 is 2.10 bits per heavy atom. The monoisotopic (exact) mass is 294 g/mol. The highest BCUT2D eigenvalue weighted by Gasteiger charge is 2.14. The maximum atomic E-state index is 11.8. The van der Waals surface area contributed by atoms with E-state index < -0.39 is 5.97 Å². The zero-order valence-corrected chi connectivity index (χ0v) is 11.7. The maximum Gasteiger partial charge on any atom is 0.319 e. The number of anilines is 1. The van der Waals surface area contributed by atoms with Crippen LogP contribution in [0, 0.1) is 0 Å². The highest BCUT2D eigenvalue weighted by atomic mass is 16.7. The molecule has 1 atom stereocenters. The van der Waals surface area contributed by atoms with Gasteiger partial charge in [0.25, 0.3) is 0 Å². The largest absolute Gasteiger partial charge is 0.481 e. The molecule has 1 heterocycles. The Hall–Kier alpha value is -2.44. The van der Waals surface area contributed by atoms with Crippen LogP contribution in [-0.2, 0) is 4.79 Å². The number of fused-ring (bicyclic) bond motifs is 1. The molecule has 0 aromatic heterocycles. The van der Waals surface area contributed by atoms with Gasteiger partial charge in [0.05, 0.1) is 0 Å². The number of ether oxygens (including phenoxy) is 2. The van der Waals surface area contributed by atoms with Crippen LogP contribution in [0.5, 0.6) is 11.5 Å². The first-order valence-corrected chi connectivity index (χ1v) is 6.73. The van der Waals surface area contributed by atoms with Crippen molar-refractivity contribution in [2.45, 2.75) is 32.2 Å². The number of nitrogens with one attached hydrogen (secondary N) is 2. The molecule has 1 aliphatic heterocycles. The van der Waals surface area contributed by atoms with E-state index in [1.165, 1.54) is 0 Å². The second kappa shape index (κ2) is 6.83. The molecule has 0 aliphatic carbocycles. The minimum atomic E-state index is -0.827. The van der Waals surface area contributed by atoms with Crippen molar-refractivity contribution in [3.8, 4) is 11.5 Å². The lowest BCUT2D eigenvalue weighted by molar-refractivity contribution is -0.137. The number of benzene rings is 1. The fourth-order valence-corrected chi connectivity index (χ4v) is 2.00. The fourth-order valence-electron chi connectivity index (χ4n) is 2.00. The summed E-state index contributed by atoms with van der Waals surface area (Å²) in [5.74, 6) is 0.428. The quantitative estimate of drug-likeness (QED) is 0.747. The van der Waals surface area contributed by atoms with Crippen molar-refractivity contribution < 1.29 is 24.2 Å². The Labute approximate surface area is 122 Å². The summed E-state index contributed by atoms with van der Waals surface area (Å²) < 4.78 is 10.4. The van der Waals surface area contributed by atoms with Gasteiger partial charge < -0.3 is 25.2 Å². The molecular formula is C14H18N2O5. The molecule has 2 rings (SSSR count). The van der Waals surface area contributed by atoms with Crippen LogP contribution in [0.25, 0.3) is 0 Å². The van der Waals surface area contributed by atoms with Crippen molar-refractivity contribution in [3.63, 3.8) is 0 Å². The third-order valence-electron chi connectivity index (χ3n) is 3.04. The van der Waals surface area contributed by atoms with Gasteiger partial charge in [-0.05, 0) is 31.9 Å². The molecule has 0 fully saturated rings. The molecule has 2 amide bonds. The first-order valence-electron chi connectivity index (χ1n) is 6.73. The van der Waals surface area contributed by atoms with E-state index >= 15 is 0 Å². The molecule has 0 saturated carbocycles. The molecule has 114 valence electrons. The van der Waals surface area contributed by atoms with Crippen molar-refractivity contribution >= 4 is 17.7 Å². The van der Waals surface area contributed by atoms with Crippen molar-refractivity contribution in [2.24, 2.45) is 0 Å². The number of amides is 2. The molecule has 7 nitrogen and oxygen atoms in total. The number of carboxylic acid groups (broad SMARTS) is 1. The zero-order valence-electron chi connectivity index (χ0n) is 11.7. The van der Waals surface area contributed by atoms with E-state index in [4.69, 9.17) is 14.6 Å². The van der Waals surface area contributed by atoms with E-state index in [9.17, 15) is 9.59 Å². The van der Waals surface area contributed by atoms with Gasteiger partial charge in [0.2, 0.25) is 6.79 Å². The van der Waals surface area contributed by atoms with E-state index in [2.05, 4.69) is 10.6 Å². The van der Waals surface area contributed by atoms with Crippen LogP contribution >= 0.6 is 0 Å². The second-order valence-electron chi connectivity index (χ2n) is 4.85. The van der Waals surface area contributed by atoms with E-state index in [1.54, 1.807) is 18.2 Å². The Bertz CT molecular complexity index is 532. The second-order valence-corrected chi connectivity index (χ2v) is 4.85. The summed E-state index contributed by atoms with van der Waals surface area (Å²) in [5.41, 5.74) is 0.606. The number of urea groups is 1. The molecule has 0 radical (unpaired) electrons. The Morgan fingerprint density at radius 3 is 2.86 bits per heavy atom. The molecule has 0 saturated heterocycles. The fraction of sp³-hybridized carbons (Fsp3) is 0.429. The average Bonchev–Trinajstić information content (AvgIpc) is 2.85. The van der Waals surface area contributed by atoms with Gasteiger partial charge in [0.15, 0.2) is 11.5 Å². The summed E-state index contributed by atoms with van der Waals surface area (Å²) in [5, 5.41) is 14.0. The Balaban J connectivity index is 1.77. The van der Waals surface area contributed by atoms with Crippen molar-refractivity contribution in [3.05, 3.63) is 18.2 Å². The summed E-state index contributed by atoms with van der Waals surface area (Å²) in [6.45, 7) is 2.02. The number of hydrogen-bond donors (Lipinski definition) is 3. The van der Waals surface area contributed by atoms with Crippen LogP contribution in [0.15, 0.2) is 18.2 Å². The summed E-state index contributed by atoms with van der Waals surface area (Å²) in [6, 6.07) is 4.71. The van der Waals surface area contributed by atoms with Crippen molar-refractivity contribution in [1.29, 1.82) is 0 Å². The SMILES string of the molecule is CC(CCCC(=O)O)NC(=O)Nc1ccc2c(c1)OCO2. The smallest absolute Gasteiger partial charge is 0.319 e. The topological polar surface area (TPSA) is 96.9 Å². The normalized spacial score (nSPS) is 13.6. The van der Waals surface area contributed by atoms with E-state index in [0.29, 0.717) is 30.0 Å². The number of rotatable bonds is 6. The molecule has 1 aromatic carbocycles. The Kier molecular flexibility index (Phi) is 4.86. The lowest BCUT2D eigenvalue weighted by Crippen LogP contribution is -2.36. The van der Waals surface area contributed by atoms with Crippen LogP contribution in [0.3, 0.4) is 0 Å². The van der Waals surface area contributed by atoms with Gasteiger partial charge in [0, 0.05) is 24.2 Å². The van der Waals surface area contributed by atoms with Crippen LogP contribution in [0.1, 0.15) is 26.2 Å². The van der Waals surface area contributed by atoms with Gasteiger partial charge >= 0.3 is 12.0 Å². The lowest BCUT2D eigenvalue weighted by atomic mass is 10.1. The van der Waals surface area contributed by atoms with E-state index in [1.807, 2.05) is 6.92 Å². The van der Waals surface area contributed by atoms with Crippen LogP contribution < -0.4 is 20.1 Å². The summed E-state index contributed by atoms with van der Waals surface area (Å²) in [6.07, 6.45) is 1.25. The zero-order chi connectivity index (χ0) is 15.2. The van der Waals surface area contributed by atoms with Crippen LogP contribution in [0.4, 0.5) is 10.5 Å². The molecular weight excluding hydrogens is 276 g/mol. The predicted molar refractivity (Wildman–Crippen MR) is 75.7 cm³/mol. The summed E-state index contributed by atoms with van der Waals surface area (Å²) >= 11 is 0. The van der Waals surface area contributed by atoms with Crippen molar-refractivity contribution in [1.82, 2.24) is 5.32 Å². The number of hydrogen-bond acceptors (Lipinski definition) is 4. The number of aliphatic carboxylic acids is 1. The molecule has 0 bridgehead atoms. The first kappa shape index (κ1) is 15.0. The summed E-state index contributed by atoms with van der Waals surface area (Å²) in [7, 11) is 0. The lowest BCUT2D eigenvalue weighted by Gasteiger charge is -2.14. The molecule has 1 aliphatic rings. The number of carbonyl (C=O) groups is 2. The van der Waals surface area contributed by atoms with E-state index in [-0.39, 0.29) is 25.3 Å². The molecule has 21 heavy (non-hydrogen) atoms. The van der Waals surface area contributed by atoms with Gasteiger partial charge in [-0.25, -0.2) is 4.79 Å². The number of carbonyl (C=O) groups excluding carboxylic acids is 1. The minimum Gasteiger partial charge on any atom is -0.481 e. The molecule has 1 unspecified atom stereocenters. The predicted octanol–water partition coefficient (Wildman–Crippen LogP) is 2.18. The molecule has 7 heteroatoms. The number of carboxylic acids is 1.